The zero-order valence-electron chi connectivity index (χ0n) is 7.73. The molecule has 0 bridgehead atoms. The molecular weight excluding hydrogens is 132 g/mol. The van der Waals surface area contributed by atoms with Crippen molar-refractivity contribution in [3.05, 3.63) is 40.8 Å². The summed E-state index contributed by atoms with van der Waals surface area (Å²) in [5.74, 6) is 0. The molecule has 0 saturated carbocycles. The largest absolute Gasteiger partial charge is 0.0578 e. The molecule has 0 aliphatic rings. The predicted octanol–water partition coefficient (Wildman–Crippen LogP) is 3.18. The van der Waals surface area contributed by atoms with Gasteiger partial charge in [0, 0.05) is 0 Å². The molecule has 0 amide bonds. The van der Waals surface area contributed by atoms with Crippen molar-refractivity contribution >= 4 is 0 Å². The van der Waals surface area contributed by atoms with Gasteiger partial charge in [0.1, 0.15) is 0 Å². The van der Waals surface area contributed by atoms with E-state index in [9.17, 15) is 0 Å². The average molecular weight is 147 g/mol. The highest BCUT2D eigenvalue weighted by Gasteiger charge is 1.98. The number of aryl methyl sites for hydroxylation is 2. The molecule has 0 saturated heterocycles. The van der Waals surface area contributed by atoms with E-state index in [1.54, 1.807) is 0 Å². The van der Waals surface area contributed by atoms with Gasteiger partial charge in [0.2, 0.25) is 0 Å². The van der Waals surface area contributed by atoms with E-state index in [-0.39, 0.29) is 0 Å². The third-order valence-electron chi connectivity index (χ3n) is 2.28. The first kappa shape index (κ1) is 8.32. The smallest absolute Gasteiger partial charge is 0.0124 e. The van der Waals surface area contributed by atoms with Crippen LogP contribution in [0.15, 0.2) is 12.1 Å². The number of hydrogen-bond donors (Lipinski definition) is 0. The van der Waals surface area contributed by atoms with E-state index >= 15 is 0 Å². The van der Waals surface area contributed by atoms with E-state index in [1.165, 1.54) is 22.3 Å². The summed E-state index contributed by atoms with van der Waals surface area (Å²) >= 11 is 0. The maximum absolute atomic E-state index is 2.22. The van der Waals surface area contributed by atoms with E-state index in [1.807, 2.05) is 0 Å². The van der Waals surface area contributed by atoms with Crippen molar-refractivity contribution in [2.45, 2.75) is 27.7 Å². The highest BCUT2D eigenvalue weighted by atomic mass is 14.0. The molecule has 11 heavy (non-hydrogen) atoms. The monoisotopic (exact) mass is 147 g/mol. The van der Waals surface area contributed by atoms with Crippen LogP contribution in [0.1, 0.15) is 29.2 Å². The number of hydrogen-bond acceptors (Lipinski definition) is 0. The lowest BCUT2D eigenvalue weighted by Crippen LogP contribution is -1.88. The van der Waals surface area contributed by atoms with Gasteiger partial charge in [-0.2, -0.15) is 0 Å². The molecule has 0 nitrogen and oxygen atoms in total. The van der Waals surface area contributed by atoms with E-state index in [2.05, 4.69) is 46.2 Å². The lowest BCUT2D eigenvalue weighted by molar-refractivity contribution is 1.23. The second-order valence-corrected chi connectivity index (χ2v) is 3.07. The maximum Gasteiger partial charge on any atom is -0.0124 e. The van der Waals surface area contributed by atoms with E-state index in [0.717, 1.165) is 0 Å². The summed E-state index contributed by atoms with van der Waals surface area (Å²) in [6, 6.07) is 4.45. The summed E-state index contributed by atoms with van der Waals surface area (Å²) < 4.78 is 0. The lowest BCUT2D eigenvalue weighted by atomic mass is 10.00. The zero-order chi connectivity index (χ0) is 8.43. The summed E-state index contributed by atoms with van der Waals surface area (Å²) in [5.41, 5.74) is 5.51. The van der Waals surface area contributed by atoms with Crippen molar-refractivity contribution in [2.75, 3.05) is 0 Å². The van der Waals surface area contributed by atoms with Gasteiger partial charge in [-0.1, -0.05) is 19.1 Å². The van der Waals surface area contributed by atoms with Crippen molar-refractivity contribution in [2.24, 2.45) is 0 Å². The van der Waals surface area contributed by atoms with Crippen LogP contribution in [-0.2, 0) is 0 Å². The van der Waals surface area contributed by atoms with E-state index in [0.29, 0.717) is 0 Å². The van der Waals surface area contributed by atoms with Crippen molar-refractivity contribution in [3.63, 3.8) is 0 Å². The van der Waals surface area contributed by atoms with Crippen LogP contribution in [0.5, 0.6) is 0 Å². The molecule has 0 aliphatic carbocycles. The molecule has 0 atom stereocenters. The second kappa shape index (κ2) is 3.08. The molecule has 0 heterocycles. The molecule has 1 aromatic rings. The number of benzene rings is 1. The molecule has 59 valence electrons. The standard InChI is InChI=1S/C11H15/c1-5-11-6-8(2)10(4)9(3)7-11/h5-7H,1-4H3. The lowest BCUT2D eigenvalue weighted by Gasteiger charge is -2.06. The van der Waals surface area contributed by atoms with Crippen LogP contribution in [-0.4, -0.2) is 0 Å². The van der Waals surface area contributed by atoms with Crippen LogP contribution in [0.4, 0.5) is 0 Å². The second-order valence-electron chi connectivity index (χ2n) is 3.07. The van der Waals surface area contributed by atoms with Gasteiger partial charge in [0.15, 0.2) is 0 Å². The minimum Gasteiger partial charge on any atom is -0.0578 e. The van der Waals surface area contributed by atoms with Gasteiger partial charge in [-0.05, 0) is 49.4 Å². The minimum absolute atomic E-state index is 1.32. The summed E-state index contributed by atoms with van der Waals surface area (Å²) in [6.07, 6.45) is 2.14. The number of rotatable bonds is 1. The van der Waals surface area contributed by atoms with Crippen LogP contribution in [0, 0.1) is 27.2 Å². The van der Waals surface area contributed by atoms with Gasteiger partial charge in [-0.3, -0.25) is 0 Å². The molecular formula is C11H15. The fraction of sp³-hybridized carbons (Fsp3) is 0.364. The van der Waals surface area contributed by atoms with Gasteiger partial charge in [0.05, 0.1) is 0 Å². The molecule has 0 spiro atoms. The highest BCUT2D eigenvalue weighted by molar-refractivity contribution is 5.39. The summed E-state index contributed by atoms with van der Waals surface area (Å²) in [6.45, 7) is 8.57. The predicted molar refractivity (Wildman–Crippen MR) is 49.7 cm³/mol. The van der Waals surface area contributed by atoms with Gasteiger partial charge in [-0.25, -0.2) is 0 Å². The zero-order valence-corrected chi connectivity index (χ0v) is 7.73. The van der Waals surface area contributed by atoms with Crippen molar-refractivity contribution < 1.29 is 0 Å². The average Bonchev–Trinajstić information content (AvgIpc) is 1.99. The SMILES string of the molecule is C[CH]c1cc(C)c(C)c(C)c1. The van der Waals surface area contributed by atoms with Crippen LogP contribution in [0.2, 0.25) is 0 Å². The van der Waals surface area contributed by atoms with Gasteiger partial charge >= 0.3 is 0 Å². The molecule has 0 aliphatic heterocycles. The normalized spacial score (nSPS) is 10.2. The van der Waals surface area contributed by atoms with Crippen LogP contribution in [0.3, 0.4) is 0 Å². The van der Waals surface area contributed by atoms with Crippen LogP contribution < -0.4 is 0 Å². The Kier molecular flexibility index (Phi) is 2.33. The molecule has 0 fully saturated rings. The Hall–Kier alpha value is -0.780. The quantitative estimate of drug-likeness (QED) is 0.572. The maximum atomic E-state index is 2.22. The van der Waals surface area contributed by atoms with Crippen LogP contribution >= 0.6 is 0 Å². The summed E-state index contributed by atoms with van der Waals surface area (Å²) in [5, 5.41) is 0. The molecule has 0 unspecified atom stereocenters. The van der Waals surface area contributed by atoms with E-state index < -0.39 is 0 Å². The third-order valence-corrected chi connectivity index (χ3v) is 2.28. The van der Waals surface area contributed by atoms with Gasteiger partial charge in [-0.15, -0.1) is 0 Å². The topological polar surface area (TPSA) is 0 Å². The Morgan fingerprint density at radius 3 is 1.82 bits per heavy atom. The molecule has 0 heteroatoms. The first-order valence-electron chi connectivity index (χ1n) is 4.02. The third kappa shape index (κ3) is 1.62. The Morgan fingerprint density at radius 1 is 1.00 bits per heavy atom. The molecule has 0 N–H and O–H groups in total. The molecule has 0 aromatic heterocycles. The molecule has 1 rings (SSSR count). The highest BCUT2D eigenvalue weighted by Crippen LogP contribution is 2.15. The van der Waals surface area contributed by atoms with Crippen molar-refractivity contribution in [1.82, 2.24) is 0 Å². The molecule has 1 radical (unpaired) electrons. The van der Waals surface area contributed by atoms with Crippen LogP contribution in [0.25, 0.3) is 0 Å². The fourth-order valence-electron chi connectivity index (χ4n) is 1.24. The first-order valence-corrected chi connectivity index (χ1v) is 4.02. The summed E-state index contributed by atoms with van der Waals surface area (Å²) in [4.78, 5) is 0. The Morgan fingerprint density at radius 2 is 1.45 bits per heavy atom. The minimum atomic E-state index is 1.32. The summed E-state index contributed by atoms with van der Waals surface area (Å²) in [7, 11) is 0. The van der Waals surface area contributed by atoms with Gasteiger partial charge in [0.25, 0.3) is 0 Å². The fourth-order valence-corrected chi connectivity index (χ4v) is 1.24. The van der Waals surface area contributed by atoms with Gasteiger partial charge < -0.3 is 0 Å². The Labute approximate surface area is 69.3 Å². The Balaban J connectivity index is 3.21. The van der Waals surface area contributed by atoms with Crippen molar-refractivity contribution in [3.8, 4) is 0 Å². The first-order chi connectivity index (χ1) is 5.15. The van der Waals surface area contributed by atoms with Crippen molar-refractivity contribution in [1.29, 1.82) is 0 Å². The Bertz CT molecular complexity index is 236. The van der Waals surface area contributed by atoms with E-state index in [4.69, 9.17) is 0 Å². The molecule has 1 aromatic carbocycles.